The van der Waals surface area contributed by atoms with Gasteiger partial charge < -0.3 is 10.4 Å². The van der Waals surface area contributed by atoms with Gasteiger partial charge in [-0.15, -0.1) is 0 Å². The molecule has 0 radical (unpaired) electrons. The summed E-state index contributed by atoms with van der Waals surface area (Å²) in [6.07, 6.45) is 7.29. The predicted molar refractivity (Wildman–Crippen MR) is 123 cm³/mol. The SMILES string of the molecule is Cc1cc(Nc2cnn(C34CC5CC(CC(CC(=O)O)(C5)C3)C4)c(=O)c2Cl)ccc1Br. The Morgan fingerprint density at radius 3 is 2.68 bits per heavy atom. The Labute approximate surface area is 194 Å². The van der Waals surface area contributed by atoms with E-state index in [2.05, 4.69) is 26.3 Å². The molecule has 4 aliphatic carbocycles. The van der Waals surface area contributed by atoms with Gasteiger partial charge in [0.2, 0.25) is 0 Å². The van der Waals surface area contributed by atoms with Gasteiger partial charge in [-0.2, -0.15) is 5.10 Å². The van der Waals surface area contributed by atoms with Gasteiger partial charge in [0, 0.05) is 10.2 Å². The number of hydrogen-bond acceptors (Lipinski definition) is 4. The molecule has 2 N–H and O–H groups in total. The molecular formula is C23H25BrClN3O3. The number of aromatic nitrogens is 2. The topological polar surface area (TPSA) is 84.2 Å². The van der Waals surface area contributed by atoms with Gasteiger partial charge >= 0.3 is 5.97 Å². The van der Waals surface area contributed by atoms with Crippen molar-refractivity contribution in [3.8, 4) is 0 Å². The summed E-state index contributed by atoms with van der Waals surface area (Å²) in [4.78, 5) is 24.9. The van der Waals surface area contributed by atoms with E-state index in [1.807, 2.05) is 25.1 Å². The molecule has 1 heterocycles. The first-order valence-electron chi connectivity index (χ1n) is 10.7. The molecule has 164 valence electrons. The van der Waals surface area contributed by atoms with Crippen molar-refractivity contribution in [1.82, 2.24) is 9.78 Å². The molecular weight excluding hydrogens is 482 g/mol. The minimum Gasteiger partial charge on any atom is -0.481 e. The number of nitrogens with zero attached hydrogens (tertiary/aromatic N) is 2. The van der Waals surface area contributed by atoms with Crippen LogP contribution in [0.2, 0.25) is 5.02 Å². The van der Waals surface area contributed by atoms with Crippen molar-refractivity contribution in [2.75, 3.05) is 5.32 Å². The summed E-state index contributed by atoms with van der Waals surface area (Å²) < 4.78 is 2.59. The molecule has 0 aliphatic heterocycles. The van der Waals surface area contributed by atoms with Crippen molar-refractivity contribution in [3.05, 3.63) is 49.8 Å². The maximum absolute atomic E-state index is 13.3. The number of carboxylic acid groups (broad SMARTS) is 1. The van der Waals surface area contributed by atoms with Crippen LogP contribution in [0.1, 0.15) is 50.5 Å². The van der Waals surface area contributed by atoms with E-state index in [9.17, 15) is 14.7 Å². The van der Waals surface area contributed by atoms with Gasteiger partial charge in [0.25, 0.3) is 5.56 Å². The van der Waals surface area contributed by atoms with Gasteiger partial charge in [0.15, 0.2) is 0 Å². The van der Waals surface area contributed by atoms with Crippen LogP contribution in [-0.2, 0) is 10.3 Å². The third-order valence-electron chi connectivity index (χ3n) is 7.48. The van der Waals surface area contributed by atoms with Crippen molar-refractivity contribution in [1.29, 1.82) is 0 Å². The first kappa shape index (κ1) is 21.0. The number of carboxylic acids is 1. The molecule has 1 aromatic heterocycles. The number of carbonyl (C=O) groups is 1. The van der Waals surface area contributed by atoms with Gasteiger partial charge in [0.1, 0.15) is 5.02 Å². The first-order chi connectivity index (χ1) is 14.7. The zero-order chi connectivity index (χ0) is 22.0. The zero-order valence-electron chi connectivity index (χ0n) is 17.3. The van der Waals surface area contributed by atoms with E-state index in [1.54, 1.807) is 10.9 Å². The molecule has 0 spiro atoms. The second-order valence-corrected chi connectivity index (χ2v) is 11.2. The molecule has 6 nitrogen and oxygen atoms in total. The number of benzene rings is 1. The molecule has 4 bridgehead atoms. The second kappa shape index (κ2) is 7.34. The third-order valence-corrected chi connectivity index (χ3v) is 8.74. The summed E-state index contributed by atoms with van der Waals surface area (Å²) >= 11 is 10.0. The number of hydrogen-bond donors (Lipinski definition) is 2. The van der Waals surface area contributed by atoms with E-state index in [0.29, 0.717) is 23.9 Å². The Balaban J connectivity index is 1.49. The lowest BCUT2D eigenvalue weighted by Gasteiger charge is -2.61. The fourth-order valence-electron chi connectivity index (χ4n) is 6.91. The zero-order valence-corrected chi connectivity index (χ0v) is 19.7. The van der Waals surface area contributed by atoms with Crippen LogP contribution in [0, 0.1) is 24.2 Å². The molecule has 31 heavy (non-hydrogen) atoms. The predicted octanol–water partition coefficient (Wildman–Crippen LogP) is 5.48. The molecule has 1 aromatic carbocycles. The Bertz CT molecular complexity index is 1120. The Kier molecular flexibility index (Phi) is 4.97. The molecule has 2 aromatic rings. The average molecular weight is 507 g/mol. The minimum atomic E-state index is -0.750. The highest BCUT2D eigenvalue weighted by Crippen LogP contribution is 2.65. The van der Waals surface area contributed by atoms with Crippen LogP contribution >= 0.6 is 27.5 Å². The summed E-state index contributed by atoms with van der Waals surface area (Å²) in [6, 6.07) is 5.83. The number of halogens is 2. The van der Waals surface area contributed by atoms with E-state index in [-0.39, 0.29) is 22.4 Å². The van der Waals surface area contributed by atoms with E-state index in [1.165, 1.54) is 0 Å². The highest BCUT2D eigenvalue weighted by atomic mass is 79.9. The van der Waals surface area contributed by atoms with Crippen LogP contribution < -0.4 is 10.9 Å². The molecule has 2 unspecified atom stereocenters. The summed E-state index contributed by atoms with van der Waals surface area (Å²) in [5, 5.41) is 17.4. The van der Waals surface area contributed by atoms with Crippen LogP contribution in [-0.4, -0.2) is 20.9 Å². The standard InChI is InChI=1S/C23H25BrClN3O3/c1-13-4-16(2-3-17(13)24)27-18-11-26-28(21(31)20(18)25)23-8-14-5-15(9-23)7-22(6-14,12-23)10-19(29)30/h2-4,11,14-15,27H,5-10,12H2,1H3,(H,29,30). The van der Waals surface area contributed by atoms with Crippen molar-refractivity contribution in [2.45, 2.75) is 57.4 Å². The fraction of sp³-hybridized carbons (Fsp3) is 0.522. The number of rotatable bonds is 5. The summed E-state index contributed by atoms with van der Waals surface area (Å²) in [5.74, 6) is 0.160. The molecule has 4 fully saturated rings. The van der Waals surface area contributed by atoms with Crippen LogP contribution in [0.25, 0.3) is 0 Å². The lowest BCUT2D eigenvalue weighted by molar-refractivity contribution is -0.151. The lowest BCUT2D eigenvalue weighted by Crippen LogP contribution is -2.59. The quantitative estimate of drug-likeness (QED) is 0.561. The monoisotopic (exact) mass is 505 g/mol. The van der Waals surface area contributed by atoms with Gasteiger partial charge in [-0.1, -0.05) is 27.5 Å². The number of aliphatic carboxylic acids is 1. The van der Waals surface area contributed by atoms with Crippen LogP contribution in [0.5, 0.6) is 0 Å². The average Bonchev–Trinajstić information content (AvgIpc) is 2.66. The molecule has 2 atom stereocenters. The highest BCUT2D eigenvalue weighted by molar-refractivity contribution is 9.10. The van der Waals surface area contributed by atoms with Gasteiger partial charge in [-0.25, -0.2) is 4.68 Å². The van der Waals surface area contributed by atoms with E-state index in [4.69, 9.17) is 11.6 Å². The maximum Gasteiger partial charge on any atom is 0.303 e. The van der Waals surface area contributed by atoms with Crippen molar-refractivity contribution in [3.63, 3.8) is 0 Å². The summed E-state index contributed by atoms with van der Waals surface area (Å²) in [5.41, 5.74) is 1.43. The molecule has 4 saturated carbocycles. The second-order valence-electron chi connectivity index (χ2n) is 9.93. The normalized spacial score (nSPS) is 31.1. The molecule has 0 saturated heterocycles. The Hall–Kier alpha value is -1.86. The van der Waals surface area contributed by atoms with Crippen LogP contribution in [0.15, 0.2) is 33.7 Å². The van der Waals surface area contributed by atoms with Crippen LogP contribution in [0.3, 0.4) is 0 Å². The molecule has 8 heteroatoms. The van der Waals surface area contributed by atoms with Gasteiger partial charge in [-0.3, -0.25) is 9.59 Å². The Morgan fingerprint density at radius 1 is 1.32 bits per heavy atom. The number of anilines is 2. The van der Waals surface area contributed by atoms with Crippen molar-refractivity contribution >= 4 is 44.9 Å². The highest BCUT2D eigenvalue weighted by Gasteiger charge is 2.59. The Morgan fingerprint density at radius 2 is 2.03 bits per heavy atom. The molecule has 6 rings (SSSR count). The number of nitrogens with one attached hydrogen (secondary N) is 1. The molecule has 4 aliphatic rings. The lowest BCUT2D eigenvalue weighted by atomic mass is 9.46. The van der Waals surface area contributed by atoms with Crippen molar-refractivity contribution < 1.29 is 9.90 Å². The van der Waals surface area contributed by atoms with E-state index in [0.717, 1.165) is 47.8 Å². The first-order valence-corrected chi connectivity index (χ1v) is 11.9. The third kappa shape index (κ3) is 3.59. The van der Waals surface area contributed by atoms with E-state index >= 15 is 0 Å². The fourth-order valence-corrected chi connectivity index (χ4v) is 7.34. The van der Waals surface area contributed by atoms with Crippen LogP contribution in [0.4, 0.5) is 11.4 Å². The molecule has 0 amide bonds. The summed E-state index contributed by atoms with van der Waals surface area (Å²) in [7, 11) is 0. The minimum absolute atomic E-state index is 0.124. The smallest absolute Gasteiger partial charge is 0.303 e. The van der Waals surface area contributed by atoms with Gasteiger partial charge in [0.05, 0.1) is 23.8 Å². The van der Waals surface area contributed by atoms with E-state index < -0.39 is 11.5 Å². The largest absolute Gasteiger partial charge is 0.481 e. The van der Waals surface area contributed by atoms with Crippen molar-refractivity contribution in [2.24, 2.45) is 17.3 Å². The maximum atomic E-state index is 13.3. The van der Waals surface area contributed by atoms with Gasteiger partial charge in [-0.05, 0) is 86.5 Å². The summed E-state index contributed by atoms with van der Waals surface area (Å²) in [6.45, 7) is 1.99. The number of aryl methyl sites for hydroxylation is 1.